The molecule has 4 fully saturated rings. The highest BCUT2D eigenvalue weighted by molar-refractivity contribution is 6.01. The third kappa shape index (κ3) is 11.0. The number of ketones is 2. The Balaban J connectivity index is 1.04. The van der Waals surface area contributed by atoms with Crippen molar-refractivity contribution in [3.05, 3.63) is 42.0 Å². The second-order valence-corrected chi connectivity index (χ2v) is 19.7. The maximum absolute atomic E-state index is 17.9. The second kappa shape index (κ2) is 23.5. The lowest BCUT2D eigenvalue weighted by Gasteiger charge is -2.63. The lowest BCUT2D eigenvalue weighted by Crippen LogP contribution is -2.71. The monoisotopic (exact) mass is 990 g/mol. The minimum absolute atomic E-state index is 0.0121. The summed E-state index contributed by atoms with van der Waals surface area (Å²) in [5.74, 6) is -4.05. The molecule has 12 atom stereocenters. The first-order chi connectivity index (χ1) is 33.3. The van der Waals surface area contributed by atoms with Crippen molar-refractivity contribution in [3.63, 3.8) is 0 Å². The van der Waals surface area contributed by atoms with Crippen molar-refractivity contribution in [1.29, 1.82) is 0 Å². The maximum atomic E-state index is 17.9. The van der Waals surface area contributed by atoms with Crippen LogP contribution in [0.1, 0.15) is 87.0 Å². The van der Waals surface area contributed by atoms with Gasteiger partial charge in [-0.15, -0.1) is 0 Å². The van der Waals surface area contributed by atoms with Crippen LogP contribution >= 0.6 is 0 Å². The summed E-state index contributed by atoms with van der Waals surface area (Å²) >= 11 is 0. The molecule has 1 saturated heterocycles. The van der Waals surface area contributed by atoms with E-state index in [0.717, 1.165) is 6.08 Å². The molecular formula is C51H73F2N3O14. The number of hydrogen-bond donors (Lipinski definition) is 4. The van der Waals surface area contributed by atoms with Gasteiger partial charge >= 0.3 is 0 Å². The molecule has 0 aromatic heterocycles. The van der Waals surface area contributed by atoms with Gasteiger partial charge in [0, 0.05) is 35.8 Å². The number of ether oxygens (including phenoxy) is 8. The van der Waals surface area contributed by atoms with Crippen molar-refractivity contribution in [3.8, 4) is 11.5 Å². The van der Waals surface area contributed by atoms with E-state index in [9.17, 15) is 29.1 Å². The van der Waals surface area contributed by atoms with Crippen LogP contribution in [0.4, 0.5) is 14.5 Å². The Morgan fingerprint density at radius 1 is 0.914 bits per heavy atom. The van der Waals surface area contributed by atoms with Gasteiger partial charge in [-0.3, -0.25) is 24.0 Å². The van der Waals surface area contributed by atoms with Gasteiger partial charge in [-0.1, -0.05) is 40.2 Å². The number of fused-ring (bicyclic) bond motifs is 7. The lowest BCUT2D eigenvalue weighted by atomic mass is 9.44. The van der Waals surface area contributed by atoms with Gasteiger partial charge < -0.3 is 59.0 Å². The SMILES string of the molecule is CCCC1O[C@@H]2C[C@H]3[C@@H]4C[C@H](F)C5=CC(=O)C=C[C@]5(C)[C@@]4(F)[C@@H](O)C[C@]3(C)[C@]2(C(=O)COc2ccc(NC(=O)[C@H](C)NC(=O)[C@@H](NC(=O)CCOCCOCCOCCOCC)C(C)C)c(OC)c2)O1. The molecule has 3 saturated carbocycles. The number of benzene rings is 1. The molecule has 0 bridgehead atoms. The Hall–Kier alpha value is -4.37. The van der Waals surface area contributed by atoms with Crippen LogP contribution in [0.5, 0.6) is 11.5 Å². The highest BCUT2D eigenvalue weighted by Gasteiger charge is 2.80. The van der Waals surface area contributed by atoms with Gasteiger partial charge in [0.05, 0.1) is 71.3 Å². The number of rotatable bonds is 26. The predicted octanol–water partition coefficient (Wildman–Crippen LogP) is 4.91. The van der Waals surface area contributed by atoms with Gasteiger partial charge in [0.1, 0.15) is 36.4 Å². The number of carbonyl (C=O) groups excluding carboxylic acids is 5. The second-order valence-electron chi connectivity index (χ2n) is 19.7. The summed E-state index contributed by atoms with van der Waals surface area (Å²) in [6, 6.07) is 2.56. The zero-order chi connectivity index (χ0) is 51.0. The quantitative estimate of drug-likeness (QED) is 0.0909. The summed E-state index contributed by atoms with van der Waals surface area (Å²) in [6.07, 6.45) is -0.223. The van der Waals surface area contributed by atoms with Gasteiger partial charge in [0.15, 0.2) is 23.3 Å². The van der Waals surface area contributed by atoms with Gasteiger partial charge in [0.25, 0.3) is 0 Å². The fourth-order valence-corrected chi connectivity index (χ4v) is 11.4. The van der Waals surface area contributed by atoms with Crippen molar-refractivity contribution >= 4 is 35.0 Å². The standard InChI is InChI=1S/C51H73F2N3O14/c1-9-11-44-69-42-27-34-35-26-37(52)36-24-32(57)14-16-48(36,6)50(35,53)40(58)28-49(34,7)51(42,70-44)41(59)29-68-33-12-13-38(39(25-33)63-8)55-46(61)31(5)54-47(62)45(30(3)4)56-43(60)15-17-65-20-21-67-23-22-66-19-18-64-10-2/h12-14,16,24-25,30-31,34-35,37,40,42,44-45,58H,9-11,15,17-23,26-29H2,1-8H3,(H,54,62)(H,55,61)(H,56,60)/t31-,34-,35-,37-,40-,42+,44?,45-,48-,49-,50-,51+/m0/s1. The molecule has 5 aliphatic rings. The molecule has 1 aromatic carbocycles. The first-order valence-corrected chi connectivity index (χ1v) is 24.7. The number of halogens is 2. The Kier molecular flexibility index (Phi) is 18.4. The fraction of sp³-hybridized carbons (Fsp3) is 0.706. The van der Waals surface area contributed by atoms with Gasteiger partial charge in [-0.2, -0.15) is 0 Å². The highest BCUT2D eigenvalue weighted by Crippen LogP contribution is 2.72. The van der Waals surface area contributed by atoms with Crippen LogP contribution in [0.2, 0.25) is 0 Å². The third-order valence-corrected chi connectivity index (χ3v) is 15.0. The van der Waals surface area contributed by atoms with Crippen LogP contribution in [-0.4, -0.2) is 149 Å². The molecule has 0 radical (unpaired) electrons. The van der Waals surface area contributed by atoms with Gasteiger partial charge in [-0.25, -0.2) is 8.78 Å². The molecule has 6 rings (SSSR count). The molecule has 1 unspecified atom stereocenters. The van der Waals surface area contributed by atoms with Crippen LogP contribution in [0.3, 0.4) is 0 Å². The van der Waals surface area contributed by atoms with Crippen LogP contribution in [-0.2, 0) is 52.4 Å². The average Bonchev–Trinajstić information content (AvgIpc) is 3.80. The molecule has 1 heterocycles. The number of anilines is 1. The van der Waals surface area contributed by atoms with Crippen LogP contribution in [0, 0.1) is 28.6 Å². The molecular weight excluding hydrogens is 917 g/mol. The van der Waals surface area contributed by atoms with Crippen molar-refractivity contribution < 1.29 is 75.8 Å². The molecule has 1 aliphatic heterocycles. The first-order valence-electron chi connectivity index (χ1n) is 24.7. The summed E-state index contributed by atoms with van der Waals surface area (Å²) in [6.45, 7) is 15.0. The lowest BCUT2D eigenvalue weighted by molar-refractivity contribution is -0.234. The fourth-order valence-electron chi connectivity index (χ4n) is 11.4. The molecule has 3 amide bonds. The van der Waals surface area contributed by atoms with Crippen LogP contribution in [0.25, 0.3) is 0 Å². The topological polar surface area (TPSA) is 216 Å². The van der Waals surface area contributed by atoms with Gasteiger partial charge in [-0.05, 0) is 88.1 Å². The number of Topliss-reactive ketones (excluding diaryl/α,β-unsaturated/α-hetero) is 1. The van der Waals surface area contributed by atoms with E-state index in [2.05, 4.69) is 16.0 Å². The van der Waals surface area contributed by atoms with E-state index in [1.807, 2.05) is 13.8 Å². The number of nitrogens with one attached hydrogen (secondary N) is 3. The highest BCUT2D eigenvalue weighted by atomic mass is 19.1. The molecule has 1 aromatic rings. The van der Waals surface area contributed by atoms with E-state index < -0.39 is 107 Å². The van der Waals surface area contributed by atoms with Crippen molar-refractivity contribution in [2.45, 2.75) is 135 Å². The average molecular weight is 990 g/mol. The molecule has 390 valence electrons. The Morgan fingerprint density at radius 2 is 1.59 bits per heavy atom. The molecule has 0 spiro atoms. The Morgan fingerprint density at radius 3 is 2.23 bits per heavy atom. The number of aliphatic hydroxyl groups is 1. The van der Waals surface area contributed by atoms with Crippen molar-refractivity contribution in [1.82, 2.24) is 10.6 Å². The van der Waals surface area contributed by atoms with E-state index in [0.29, 0.717) is 52.5 Å². The maximum Gasteiger partial charge on any atom is 0.246 e. The minimum Gasteiger partial charge on any atom is -0.494 e. The molecule has 17 nitrogen and oxygen atoms in total. The molecule has 19 heteroatoms. The minimum atomic E-state index is -2.34. The van der Waals surface area contributed by atoms with Gasteiger partial charge in [0.2, 0.25) is 23.5 Å². The summed E-state index contributed by atoms with van der Waals surface area (Å²) in [7, 11) is 1.39. The van der Waals surface area contributed by atoms with E-state index in [1.54, 1.807) is 20.8 Å². The summed E-state index contributed by atoms with van der Waals surface area (Å²) in [4.78, 5) is 66.6. The predicted molar refractivity (Wildman–Crippen MR) is 251 cm³/mol. The number of alkyl halides is 2. The van der Waals surface area contributed by atoms with E-state index in [4.69, 9.17) is 37.9 Å². The number of carbonyl (C=O) groups is 5. The first kappa shape index (κ1) is 55.0. The number of methoxy groups -OCH3 is 1. The molecule has 4 aliphatic carbocycles. The smallest absolute Gasteiger partial charge is 0.246 e. The normalized spacial score (nSPS) is 31.7. The zero-order valence-corrected chi connectivity index (χ0v) is 41.8. The van der Waals surface area contributed by atoms with E-state index in [-0.39, 0.29) is 67.6 Å². The third-order valence-electron chi connectivity index (χ3n) is 15.0. The number of allylic oxidation sites excluding steroid dienone is 4. The van der Waals surface area contributed by atoms with E-state index in [1.165, 1.54) is 51.3 Å². The molecule has 70 heavy (non-hydrogen) atoms. The molecule has 4 N–H and O–H groups in total. The van der Waals surface area contributed by atoms with E-state index >= 15 is 8.78 Å². The van der Waals surface area contributed by atoms with Crippen molar-refractivity contribution in [2.75, 3.05) is 71.9 Å². The van der Waals surface area contributed by atoms with Crippen LogP contribution < -0.4 is 25.4 Å². The van der Waals surface area contributed by atoms with Crippen molar-refractivity contribution in [2.24, 2.45) is 28.6 Å². The largest absolute Gasteiger partial charge is 0.494 e. The Bertz CT molecular complexity index is 2110. The number of amides is 3. The summed E-state index contributed by atoms with van der Waals surface area (Å²) in [5.41, 5.74) is -6.54. The van der Waals surface area contributed by atoms with Crippen LogP contribution in [0.15, 0.2) is 42.0 Å². The summed E-state index contributed by atoms with van der Waals surface area (Å²) in [5, 5.41) is 20.1. The Labute approximate surface area is 409 Å². The number of hydrogen-bond acceptors (Lipinski definition) is 14. The number of aliphatic hydroxyl groups excluding tert-OH is 1. The summed E-state index contributed by atoms with van der Waals surface area (Å²) < 4.78 is 80.3. The zero-order valence-electron chi connectivity index (χ0n) is 41.8.